The standard InChI is InChI=1S/C16H24N2O4S/c1-11(2)22-15-7-5-4-6-14(15)12(3)17-16(19)18-13-8-9-23(20,21)10-13/h4-7,11-13H,8-10H2,1-3H3,(H2,17,18,19)/t12-,13+/m1/s1. The van der Waals surface area contributed by atoms with Gasteiger partial charge in [-0.15, -0.1) is 0 Å². The summed E-state index contributed by atoms with van der Waals surface area (Å²) in [4.78, 5) is 12.1. The van der Waals surface area contributed by atoms with E-state index in [4.69, 9.17) is 4.74 Å². The van der Waals surface area contributed by atoms with Gasteiger partial charge in [0.25, 0.3) is 0 Å². The minimum atomic E-state index is -3.00. The summed E-state index contributed by atoms with van der Waals surface area (Å²) in [6.07, 6.45) is 0.512. The van der Waals surface area contributed by atoms with Gasteiger partial charge >= 0.3 is 6.03 Å². The van der Waals surface area contributed by atoms with Crippen LogP contribution in [-0.4, -0.2) is 38.1 Å². The van der Waals surface area contributed by atoms with Gasteiger partial charge in [0.05, 0.1) is 23.7 Å². The summed E-state index contributed by atoms with van der Waals surface area (Å²) < 4.78 is 28.6. The van der Waals surface area contributed by atoms with E-state index >= 15 is 0 Å². The molecule has 0 unspecified atom stereocenters. The molecule has 2 rings (SSSR count). The first-order valence-corrected chi connectivity index (χ1v) is 9.62. The average molecular weight is 340 g/mol. The zero-order chi connectivity index (χ0) is 17.0. The summed E-state index contributed by atoms with van der Waals surface area (Å²) >= 11 is 0. The Morgan fingerprint density at radius 2 is 1.96 bits per heavy atom. The van der Waals surface area contributed by atoms with Crippen LogP contribution in [0.1, 0.15) is 38.8 Å². The average Bonchev–Trinajstić information content (AvgIpc) is 2.77. The van der Waals surface area contributed by atoms with Gasteiger partial charge in [0.15, 0.2) is 9.84 Å². The number of amides is 2. The van der Waals surface area contributed by atoms with Crippen molar-refractivity contribution in [3.8, 4) is 5.75 Å². The Balaban J connectivity index is 1.96. The number of rotatable bonds is 5. The molecule has 0 aliphatic carbocycles. The fourth-order valence-electron chi connectivity index (χ4n) is 2.61. The molecule has 1 aromatic carbocycles. The van der Waals surface area contributed by atoms with Crippen LogP contribution >= 0.6 is 0 Å². The van der Waals surface area contributed by atoms with Gasteiger partial charge in [-0.25, -0.2) is 13.2 Å². The van der Waals surface area contributed by atoms with Crippen LogP contribution in [0.25, 0.3) is 0 Å². The SMILES string of the molecule is CC(C)Oc1ccccc1[C@@H](C)NC(=O)N[C@H]1CCS(=O)(=O)C1. The number of hydrogen-bond donors (Lipinski definition) is 2. The smallest absolute Gasteiger partial charge is 0.315 e. The van der Waals surface area contributed by atoms with Gasteiger partial charge in [0.1, 0.15) is 5.75 Å². The van der Waals surface area contributed by atoms with Gasteiger partial charge in [-0.2, -0.15) is 0 Å². The van der Waals surface area contributed by atoms with E-state index in [0.717, 1.165) is 11.3 Å². The summed E-state index contributed by atoms with van der Waals surface area (Å²) in [6, 6.07) is 6.63. The molecule has 6 nitrogen and oxygen atoms in total. The van der Waals surface area contributed by atoms with Crippen molar-refractivity contribution in [2.24, 2.45) is 0 Å². The lowest BCUT2D eigenvalue weighted by molar-refractivity contribution is 0.230. The normalized spacial score (nSPS) is 21.0. The van der Waals surface area contributed by atoms with Crippen LogP contribution in [0.5, 0.6) is 5.75 Å². The van der Waals surface area contributed by atoms with E-state index in [1.54, 1.807) is 0 Å². The summed E-state index contributed by atoms with van der Waals surface area (Å²) in [5.74, 6) is 0.888. The fraction of sp³-hybridized carbons (Fsp3) is 0.562. The molecule has 0 saturated carbocycles. The maximum absolute atomic E-state index is 12.1. The topological polar surface area (TPSA) is 84.5 Å². The monoisotopic (exact) mass is 340 g/mol. The number of carbonyl (C=O) groups excluding carboxylic acids is 1. The maximum atomic E-state index is 12.1. The van der Waals surface area contributed by atoms with Crippen LogP contribution in [0.3, 0.4) is 0 Å². The second-order valence-electron chi connectivity index (χ2n) is 6.14. The Hall–Kier alpha value is -1.76. The number of benzene rings is 1. The largest absolute Gasteiger partial charge is 0.491 e. The van der Waals surface area contributed by atoms with Crippen LogP contribution < -0.4 is 15.4 Å². The van der Waals surface area contributed by atoms with Gasteiger partial charge in [-0.05, 0) is 33.3 Å². The van der Waals surface area contributed by atoms with Crippen molar-refractivity contribution in [1.82, 2.24) is 10.6 Å². The van der Waals surface area contributed by atoms with Crippen molar-refractivity contribution >= 4 is 15.9 Å². The lowest BCUT2D eigenvalue weighted by Gasteiger charge is -2.21. The number of carbonyl (C=O) groups is 1. The van der Waals surface area contributed by atoms with E-state index < -0.39 is 9.84 Å². The first kappa shape index (κ1) is 17.6. The van der Waals surface area contributed by atoms with Gasteiger partial charge < -0.3 is 15.4 Å². The molecule has 1 aromatic rings. The molecule has 0 bridgehead atoms. The first-order chi connectivity index (χ1) is 10.8. The number of para-hydroxylation sites is 1. The Labute approximate surface area is 137 Å². The molecular formula is C16H24N2O4S. The number of ether oxygens (including phenoxy) is 1. The summed E-state index contributed by atoms with van der Waals surface area (Å²) in [5, 5.41) is 5.56. The van der Waals surface area contributed by atoms with E-state index in [2.05, 4.69) is 10.6 Å². The summed E-state index contributed by atoms with van der Waals surface area (Å²) in [7, 11) is -3.00. The maximum Gasteiger partial charge on any atom is 0.315 e. The van der Waals surface area contributed by atoms with E-state index in [-0.39, 0.29) is 35.7 Å². The fourth-order valence-corrected chi connectivity index (χ4v) is 4.28. The number of sulfone groups is 1. The van der Waals surface area contributed by atoms with Crippen molar-refractivity contribution in [3.05, 3.63) is 29.8 Å². The van der Waals surface area contributed by atoms with Gasteiger partial charge in [-0.1, -0.05) is 18.2 Å². The Kier molecular flexibility index (Phi) is 5.51. The number of hydrogen-bond acceptors (Lipinski definition) is 4. The molecule has 1 aliphatic rings. The third-order valence-electron chi connectivity index (χ3n) is 3.66. The molecule has 1 fully saturated rings. The predicted octanol–water partition coefficient (Wildman–Crippen LogP) is 2.02. The second kappa shape index (κ2) is 7.21. The third-order valence-corrected chi connectivity index (χ3v) is 5.43. The molecule has 7 heteroatoms. The van der Waals surface area contributed by atoms with Crippen molar-refractivity contribution in [2.45, 2.75) is 45.4 Å². The molecule has 0 radical (unpaired) electrons. The van der Waals surface area contributed by atoms with E-state index in [0.29, 0.717) is 6.42 Å². The molecule has 2 atom stereocenters. The van der Waals surface area contributed by atoms with Crippen LogP contribution in [-0.2, 0) is 9.84 Å². The highest BCUT2D eigenvalue weighted by molar-refractivity contribution is 7.91. The predicted molar refractivity (Wildman–Crippen MR) is 89.3 cm³/mol. The summed E-state index contributed by atoms with van der Waals surface area (Å²) in [6.45, 7) is 5.76. The van der Waals surface area contributed by atoms with E-state index in [1.165, 1.54) is 0 Å². The van der Waals surface area contributed by atoms with Gasteiger partial charge in [-0.3, -0.25) is 0 Å². The van der Waals surface area contributed by atoms with Crippen molar-refractivity contribution < 1.29 is 17.9 Å². The first-order valence-electron chi connectivity index (χ1n) is 7.80. The lowest BCUT2D eigenvalue weighted by atomic mass is 10.1. The van der Waals surface area contributed by atoms with Crippen molar-refractivity contribution in [2.75, 3.05) is 11.5 Å². The molecular weight excluding hydrogens is 316 g/mol. The molecule has 2 amide bonds. The Morgan fingerprint density at radius 3 is 2.57 bits per heavy atom. The number of urea groups is 1. The minimum Gasteiger partial charge on any atom is -0.491 e. The third kappa shape index (κ3) is 5.13. The van der Waals surface area contributed by atoms with Crippen molar-refractivity contribution in [1.29, 1.82) is 0 Å². The summed E-state index contributed by atoms with van der Waals surface area (Å²) in [5.41, 5.74) is 0.885. The molecule has 128 valence electrons. The molecule has 1 saturated heterocycles. The highest BCUT2D eigenvalue weighted by Crippen LogP contribution is 2.25. The van der Waals surface area contributed by atoms with Gasteiger partial charge in [0, 0.05) is 11.6 Å². The van der Waals surface area contributed by atoms with Crippen molar-refractivity contribution in [3.63, 3.8) is 0 Å². The lowest BCUT2D eigenvalue weighted by Crippen LogP contribution is -2.43. The zero-order valence-corrected chi connectivity index (χ0v) is 14.5. The highest BCUT2D eigenvalue weighted by atomic mass is 32.2. The highest BCUT2D eigenvalue weighted by Gasteiger charge is 2.29. The molecule has 1 heterocycles. The molecule has 1 aliphatic heterocycles. The van der Waals surface area contributed by atoms with Crippen LogP contribution in [0.15, 0.2) is 24.3 Å². The molecule has 23 heavy (non-hydrogen) atoms. The van der Waals surface area contributed by atoms with Gasteiger partial charge in [0.2, 0.25) is 0 Å². The zero-order valence-electron chi connectivity index (χ0n) is 13.7. The van der Waals surface area contributed by atoms with E-state index in [9.17, 15) is 13.2 Å². The Morgan fingerprint density at radius 1 is 1.26 bits per heavy atom. The van der Waals surface area contributed by atoms with Crippen LogP contribution in [0, 0.1) is 0 Å². The van der Waals surface area contributed by atoms with Crippen LogP contribution in [0.2, 0.25) is 0 Å². The van der Waals surface area contributed by atoms with Crippen LogP contribution in [0.4, 0.5) is 4.79 Å². The molecule has 2 N–H and O–H groups in total. The quantitative estimate of drug-likeness (QED) is 0.859. The van der Waals surface area contributed by atoms with E-state index in [1.807, 2.05) is 45.0 Å². The molecule has 0 aromatic heterocycles. The molecule has 0 spiro atoms. The minimum absolute atomic E-state index is 0.0157. The second-order valence-corrected chi connectivity index (χ2v) is 8.37. The Bertz CT molecular complexity index is 658. The number of nitrogens with one attached hydrogen (secondary N) is 2.